The molecule has 0 radical (unpaired) electrons. The molecule has 2 aromatic carbocycles. The minimum Gasteiger partial charge on any atom is -0.322 e. The second kappa shape index (κ2) is 12.3. The van der Waals surface area contributed by atoms with E-state index >= 15 is 0 Å². The highest BCUT2D eigenvalue weighted by Crippen LogP contribution is 2.29. The van der Waals surface area contributed by atoms with Gasteiger partial charge in [0.2, 0.25) is 5.91 Å². The van der Waals surface area contributed by atoms with E-state index in [1.165, 1.54) is 75.8 Å². The zero-order valence-corrected chi connectivity index (χ0v) is 16.9. The molecule has 0 unspecified atom stereocenters. The summed E-state index contributed by atoms with van der Waals surface area (Å²) in [6.45, 7) is 5.85. The van der Waals surface area contributed by atoms with Crippen molar-refractivity contribution in [1.82, 2.24) is 0 Å². The number of aryl methyl sites for hydroxylation is 1. The van der Waals surface area contributed by atoms with Crippen LogP contribution in [0.3, 0.4) is 0 Å². The Kier molecular flexibility index (Phi) is 9.68. The first-order valence-electron chi connectivity index (χ1n) is 10.7. The molecular weight excluding hydrogens is 330 g/mol. The van der Waals surface area contributed by atoms with Gasteiger partial charge in [0.05, 0.1) is 5.69 Å². The topological polar surface area (TPSA) is 29.1 Å². The molecule has 0 aromatic heterocycles. The van der Waals surface area contributed by atoms with Crippen LogP contribution in [0.15, 0.2) is 49.1 Å². The average Bonchev–Trinajstić information content (AvgIpc) is 2.70. The number of fused-ring (bicyclic) bond motifs is 1. The minimum absolute atomic E-state index is 0.143. The van der Waals surface area contributed by atoms with E-state index in [9.17, 15) is 4.79 Å². The van der Waals surface area contributed by atoms with Crippen LogP contribution >= 0.6 is 0 Å². The van der Waals surface area contributed by atoms with Crippen molar-refractivity contribution < 1.29 is 4.79 Å². The Morgan fingerprint density at radius 2 is 1.52 bits per heavy atom. The molecule has 0 fully saturated rings. The van der Waals surface area contributed by atoms with Crippen molar-refractivity contribution in [1.29, 1.82) is 0 Å². The highest BCUT2D eigenvalue weighted by atomic mass is 16.1. The van der Waals surface area contributed by atoms with Crippen molar-refractivity contribution in [2.75, 3.05) is 5.32 Å². The zero-order valence-electron chi connectivity index (χ0n) is 16.9. The lowest BCUT2D eigenvalue weighted by Gasteiger charge is -2.13. The third-order valence-corrected chi connectivity index (χ3v) is 5.25. The van der Waals surface area contributed by atoms with E-state index in [1.807, 2.05) is 12.1 Å². The van der Waals surface area contributed by atoms with Gasteiger partial charge in [-0.25, -0.2) is 0 Å². The largest absolute Gasteiger partial charge is 0.322 e. The molecule has 0 saturated heterocycles. The van der Waals surface area contributed by atoms with Crippen LogP contribution in [0.2, 0.25) is 0 Å². The first-order valence-corrected chi connectivity index (χ1v) is 10.7. The van der Waals surface area contributed by atoms with E-state index in [2.05, 4.69) is 43.1 Å². The Morgan fingerprint density at radius 1 is 0.889 bits per heavy atom. The van der Waals surface area contributed by atoms with E-state index in [0.29, 0.717) is 0 Å². The van der Waals surface area contributed by atoms with E-state index in [1.54, 1.807) is 0 Å². The fourth-order valence-electron chi connectivity index (χ4n) is 3.65. The van der Waals surface area contributed by atoms with Crippen molar-refractivity contribution in [3.63, 3.8) is 0 Å². The maximum absolute atomic E-state index is 11.9. The number of amides is 1. The predicted octanol–water partition coefficient (Wildman–Crippen LogP) is 7.43. The van der Waals surface area contributed by atoms with Crippen LogP contribution in [0.1, 0.15) is 76.7 Å². The quantitative estimate of drug-likeness (QED) is 0.290. The monoisotopic (exact) mass is 365 g/mol. The SMILES string of the molecule is C=CC(=O)Nc1c(CCCCCCCCCCCC)ccc2ccccc12. The van der Waals surface area contributed by atoms with Crippen LogP contribution < -0.4 is 5.32 Å². The average molecular weight is 366 g/mol. The van der Waals surface area contributed by atoms with Gasteiger partial charge in [-0.2, -0.15) is 0 Å². The van der Waals surface area contributed by atoms with E-state index < -0.39 is 0 Å². The van der Waals surface area contributed by atoms with Crippen LogP contribution in [0.4, 0.5) is 5.69 Å². The number of rotatable bonds is 13. The van der Waals surface area contributed by atoms with Crippen molar-refractivity contribution in [2.45, 2.75) is 77.6 Å². The number of carbonyl (C=O) groups excluding carboxylic acids is 1. The summed E-state index contributed by atoms with van der Waals surface area (Å²) in [5.74, 6) is -0.143. The number of hydrogen-bond donors (Lipinski definition) is 1. The van der Waals surface area contributed by atoms with Gasteiger partial charge in [-0.3, -0.25) is 4.79 Å². The Morgan fingerprint density at radius 3 is 2.19 bits per heavy atom. The fraction of sp³-hybridized carbons (Fsp3) is 0.480. The van der Waals surface area contributed by atoms with Crippen molar-refractivity contribution >= 4 is 22.4 Å². The molecule has 146 valence electrons. The molecule has 0 aliphatic rings. The third-order valence-electron chi connectivity index (χ3n) is 5.25. The molecule has 0 spiro atoms. The molecule has 2 nitrogen and oxygen atoms in total. The summed E-state index contributed by atoms with van der Waals surface area (Å²) in [6.07, 6.45) is 15.7. The van der Waals surface area contributed by atoms with Gasteiger partial charge in [0, 0.05) is 5.39 Å². The first kappa shape index (κ1) is 21.2. The molecule has 0 saturated carbocycles. The van der Waals surface area contributed by atoms with Crippen LogP contribution in [-0.4, -0.2) is 5.91 Å². The Hall–Kier alpha value is -2.09. The number of nitrogens with one attached hydrogen (secondary N) is 1. The van der Waals surface area contributed by atoms with Gasteiger partial charge in [-0.05, 0) is 29.9 Å². The van der Waals surface area contributed by atoms with Crippen LogP contribution in [0, 0.1) is 0 Å². The number of hydrogen-bond acceptors (Lipinski definition) is 1. The fourth-order valence-corrected chi connectivity index (χ4v) is 3.65. The maximum Gasteiger partial charge on any atom is 0.247 e. The lowest BCUT2D eigenvalue weighted by molar-refractivity contribution is -0.111. The molecule has 2 rings (SSSR count). The molecule has 1 N–H and O–H groups in total. The van der Waals surface area contributed by atoms with Crippen molar-refractivity contribution in [3.05, 3.63) is 54.6 Å². The number of anilines is 1. The number of carbonyl (C=O) groups is 1. The number of unbranched alkanes of at least 4 members (excludes halogenated alkanes) is 9. The second-order valence-corrected chi connectivity index (χ2v) is 7.45. The molecule has 0 atom stereocenters. The van der Waals surface area contributed by atoms with Gasteiger partial charge in [-0.1, -0.05) is 108 Å². The molecule has 27 heavy (non-hydrogen) atoms. The second-order valence-electron chi connectivity index (χ2n) is 7.45. The normalized spacial score (nSPS) is 10.9. The van der Waals surface area contributed by atoms with Gasteiger partial charge in [-0.15, -0.1) is 0 Å². The summed E-state index contributed by atoms with van der Waals surface area (Å²) in [6, 6.07) is 12.5. The Labute approximate surface area is 165 Å². The summed E-state index contributed by atoms with van der Waals surface area (Å²) < 4.78 is 0. The summed E-state index contributed by atoms with van der Waals surface area (Å²) in [5, 5.41) is 5.30. The summed E-state index contributed by atoms with van der Waals surface area (Å²) in [4.78, 5) is 11.9. The van der Waals surface area contributed by atoms with Crippen LogP contribution in [-0.2, 0) is 11.2 Å². The van der Waals surface area contributed by atoms with E-state index in [4.69, 9.17) is 0 Å². The van der Waals surface area contributed by atoms with E-state index in [-0.39, 0.29) is 5.91 Å². The maximum atomic E-state index is 11.9. The number of benzene rings is 2. The summed E-state index contributed by atoms with van der Waals surface area (Å²) >= 11 is 0. The molecule has 0 bridgehead atoms. The highest BCUT2D eigenvalue weighted by Gasteiger charge is 2.09. The zero-order chi connectivity index (χ0) is 19.3. The van der Waals surface area contributed by atoms with Crippen LogP contribution in [0.5, 0.6) is 0 Å². The van der Waals surface area contributed by atoms with Gasteiger partial charge >= 0.3 is 0 Å². The Bertz CT molecular complexity index is 719. The van der Waals surface area contributed by atoms with Gasteiger partial charge < -0.3 is 5.32 Å². The Balaban J connectivity index is 1.82. The molecule has 0 aliphatic heterocycles. The molecule has 2 heteroatoms. The minimum atomic E-state index is -0.143. The molecular formula is C25H35NO. The molecule has 1 amide bonds. The van der Waals surface area contributed by atoms with Gasteiger partial charge in [0.15, 0.2) is 0 Å². The van der Waals surface area contributed by atoms with Crippen LogP contribution in [0.25, 0.3) is 10.8 Å². The molecule has 0 aliphatic carbocycles. The lowest BCUT2D eigenvalue weighted by atomic mass is 9.98. The predicted molar refractivity (Wildman–Crippen MR) is 118 cm³/mol. The molecule has 0 heterocycles. The van der Waals surface area contributed by atoms with Crippen molar-refractivity contribution in [3.8, 4) is 0 Å². The first-order chi connectivity index (χ1) is 13.3. The lowest BCUT2D eigenvalue weighted by Crippen LogP contribution is -2.10. The molecule has 2 aromatic rings. The third kappa shape index (κ3) is 7.21. The van der Waals surface area contributed by atoms with Gasteiger partial charge in [0.1, 0.15) is 0 Å². The van der Waals surface area contributed by atoms with Crippen molar-refractivity contribution in [2.24, 2.45) is 0 Å². The standard InChI is InChI=1S/C25H35NO/c1-3-5-6-7-8-9-10-11-12-13-17-22-20-19-21-16-14-15-18-23(21)25(22)26-24(27)4-2/h4,14-16,18-20H,2-3,5-13,17H2,1H3,(H,26,27). The smallest absolute Gasteiger partial charge is 0.247 e. The highest BCUT2D eigenvalue weighted by molar-refractivity contribution is 6.06. The summed E-state index contributed by atoms with van der Waals surface area (Å²) in [7, 11) is 0. The van der Waals surface area contributed by atoms with E-state index in [0.717, 1.165) is 22.9 Å². The van der Waals surface area contributed by atoms with Gasteiger partial charge in [0.25, 0.3) is 0 Å². The summed E-state index contributed by atoms with van der Waals surface area (Å²) in [5.41, 5.74) is 2.18.